The zero-order chi connectivity index (χ0) is 12.8. The smallest absolute Gasteiger partial charge is 0.237 e. The molecule has 5 heteroatoms. The Hall–Kier alpha value is -0.650. The second-order valence-corrected chi connectivity index (χ2v) is 4.87. The summed E-state index contributed by atoms with van der Waals surface area (Å²) in [7, 11) is 0. The Bertz CT molecular complexity index is 246. The van der Waals surface area contributed by atoms with Gasteiger partial charge in [0.2, 0.25) is 5.91 Å². The van der Waals surface area contributed by atoms with Crippen molar-refractivity contribution < 1.29 is 14.6 Å². The molecule has 1 heterocycles. The molecule has 0 spiro atoms. The first-order chi connectivity index (χ1) is 8.04. The normalized spacial score (nSPS) is 26.2. The molecule has 0 aromatic heterocycles. The van der Waals surface area contributed by atoms with Crippen LogP contribution in [0.2, 0.25) is 0 Å². The summed E-state index contributed by atoms with van der Waals surface area (Å²) in [6.45, 7) is 7.74. The van der Waals surface area contributed by atoms with Crippen LogP contribution < -0.4 is 10.6 Å². The number of aliphatic hydroxyl groups excluding tert-OH is 1. The summed E-state index contributed by atoms with van der Waals surface area (Å²) in [5, 5.41) is 15.3. The van der Waals surface area contributed by atoms with Gasteiger partial charge in [0.25, 0.3) is 0 Å². The summed E-state index contributed by atoms with van der Waals surface area (Å²) >= 11 is 0. The van der Waals surface area contributed by atoms with Crippen LogP contribution in [0.5, 0.6) is 0 Å². The van der Waals surface area contributed by atoms with Crippen molar-refractivity contribution in [3.05, 3.63) is 0 Å². The number of amides is 1. The Morgan fingerprint density at radius 1 is 1.59 bits per heavy atom. The minimum Gasteiger partial charge on any atom is -0.392 e. The van der Waals surface area contributed by atoms with Crippen molar-refractivity contribution in [2.45, 2.75) is 45.4 Å². The molecule has 3 N–H and O–H groups in total. The van der Waals surface area contributed by atoms with Crippen LogP contribution in [-0.2, 0) is 9.53 Å². The van der Waals surface area contributed by atoms with Crippen molar-refractivity contribution in [1.29, 1.82) is 0 Å². The molecule has 0 aromatic carbocycles. The molecule has 1 rings (SSSR count). The van der Waals surface area contributed by atoms with Gasteiger partial charge in [-0.1, -0.05) is 13.8 Å². The lowest BCUT2D eigenvalue weighted by Crippen LogP contribution is -2.48. The number of aliphatic hydroxyl groups is 1. The molecule has 0 saturated carbocycles. The van der Waals surface area contributed by atoms with Crippen molar-refractivity contribution in [2.75, 3.05) is 19.8 Å². The molecule has 0 radical (unpaired) electrons. The zero-order valence-electron chi connectivity index (χ0n) is 10.9. The lowest BCUT2D eigenvalue weighted by atomic mass is 10.0. The molecule has 17 heavy (non-hydrogen) atoms. The monoisotopic (exact) mass is 244 g/mol. The van der Waals surface area contributed by atoms with Crippen molar-refractivity contribution in [3.63, 3.8) is 0 Å². The number of carbonyl (C=O) groups excluding carboxylic acids is 1. The van der Waals surface area contributed by atoms with E-state index in [1.54, 1.807) is 0 Å². The van der Waals surface area contributed by atoms with Crippen LogP contribution >= 0.6 is 0 Å². The third-order valence-electron chi connectivity index (χ3n) is 3.06. The SMILES string of the molecule is CCOCC(NC(=O)C1CC(O)CN1)C(C)C. The summed E-state index contributed by atoms with van der Waals surface area (Å²) in [5.41, 5.74) is 0. The van der Waals surface area contributed by atoms with Crippen LogP contribution in [0.1, 0.15) is 27.2 Å². The van der Waals surface area contributed by atoms with Gasteiger partial charge in [-0.15, -0.1) is 0 Å². The Labute approximate surface area is 103 Å². The molecule has 1 aliphatic heterocycles. The number of β-amino-alcohol motifs (C(OH)–C–C–N with tert-alkyl or cyclic N) is 1. The highest BCUT2D eigenvalue weighted by molar-refractivity contribution is 5.82. The minimum absolute atomic E-state index is 0.0296. The lowest BCUT2D eigenvalue weighted by molar-refractivity contribution is -0.124. The Morgan fingerprint density at radius 3 is 2.76 bits per heavy atom. The van der Waals surface area contributed by atoms with Crippen LogP contribution in [0, 0.1) is 5.92 Å². The summed E-state index contributed by atoms with van der Waals surface area (Å²) in [6.07, 6.45) is 0.0841. The predicted molar refractivity (Wildman–Crippen MR) is 65.7 cm³/mol. The first kappa shape index (κ1) is 14.4. The van der Waals surface area contributed by atoms with E-state index in [0.29, 0.717) is 32.1 Å². The molecule has 1 saturated heterocycles. The number of rotatable bonds is 6. The largest absolute Gasteiger partial charge is 0.392 e. The highest BCUT2D eigenvalue weighted by atomic mass is 16.5. The van der Waals surface area contributed by atoms with Gasteiger partial charge in [0, 0.05) is 13.2 Å². The molecular formula is C12H24N2O3. The fourth-order valence-electron chi connectivity index (χ4n) is 1.85. The first-order valence-corrected chi connectivity index (χ1v) is 6.34. The molecule has 1 aliphatic rings. The van der Waals surface area contributed by atoms with Gasteiger partial charge in [0.15, 0.2) is 0 Å². The van der Waals surface area contributed by atoms with Crippen molar-refractivity contribution in [1.82, 2.24) is 10.6 Å². The van der Waals surface area contributed by atoms with Crippen LogP contribution in [0.25, 0.3) is 0 Å². The Morgan fingerprint density at radius 2 is 2.29 bits per heavy atom. The van der Waals surface area contributed by atoms with Gasteiger partial charge < -0.3 is 20.5 Å². The van der Waals surface area contributed by atoms with Gasteiger partial charge in [-0.3, -0.25) is 4.79 Å². The first-order valence-electron chi connectivity index (χ1n) is 6.34. The van der Waals surface area contributed by atoms with E-state index in [1.165, 1.54) is 0 Å². The average molecular weight is 244 g/mol. The molecule has 100 valence electrons. The summed E-state index contributed by atoms with van der Waals surface area (Å²) in [4.78, 5) is 11.9. The van der Waals surface area contributed by atoms with Gasteiger partial charge in [-0.05, 0) is 19.3 Å². The maximum atomic E-state index is 11.9. The molecule has 1 amide bonds. The van der Waals surface area contributed by atoms with E-state index in [4.69, 9.17) is 4.74 Å². The number of nitrogens with one attached hydrogen (secondary N) is 2. The van der Waals surface area contributed by atoms with Crippen LogP contribution in [0.4, 0.5) is 0 Å². The molecule has 0 aromatic rings. The van der Waals surface area contributed by atoms with E-state index in [-0.39, 0.29) is 18.0 Å². The van der Waals surface area contributed by atoms with Gasteiger partial charge >= 0.3 is 0 Å². The van der Waals surface area contributed by atoms with E-state index in [9.17, 15) is 9.90 Å². The maximum absolute atomic E-state index is 11.9. The minimum atomic E-state index is -0.407. The third kappa shape index (κ3) is 4.61. The second kappa shape index (κ2) is 6.93. The van der Waals surface area contributed by atoms with Gasteiger partial charge in [-0.2, -0.15) is 0 Å². The standard InChI is InChI=1S/C12H24N2O3/c1-4-17-7-11(8(2)3)14-12(16)10-5-9(15)6-13-10/h8-11,13,15H,4-7H2,1-3H3,(H,14,16). The quantitative estimate of drug-likeness (QED) is 0.609. The second-order valence-electron chi connectivity index (χ2n) is 4.87. The van der Waals surface area contributed by atoms with Crippen LogP contribution in [-0.4, -0.2) is 49.0 Å². The fourth-order valence-corrected chi connectivity index (χ4v) is 1.85. The van der Waals surface area contributed by atoms with E-state index in [0.717, 1.165) is 0 Å². The van der Waals surface area contributed by atoms with Gasteiger partial charge in [0.05, 0.1) is 24.8 Å². The average Bonchev–Trinajstić information content (AvgIpc) is 2.70. The van der Waals surface area contributed by atoms with Crippen molar-refractivity contribution >= 4 is 5.91 Å². The summed E-state index contributed by atoms with van der Waals surface area (Å²) in [5.74, 6) is 0.289. The number of hydrogen-bond acceptors (Lipinski definition) is 4. The molecule has 1 fully saturated rings. The number of hydrogen-bond donors (Lipinski definition) is 3. The van der Waals surface area contributed by atoms with E-state index >= 15 is 0 Å². The van der Waals surface area contributed by atoms with E-state index in [2.05, 4.69) is 24.5 Å². The highest BCUT2D eigenvalue weighted by Gasteiger charge is 2.29. The fraction of sp³-hybridized carbons (Fsp3) is 0.917. The summed E-state index contributed by atoms with van der Waals surface area (Å²) < 4.78 is 5.36. The van der Waals surface area contributed by atoms with Crippen LogP contribution in [0.3, 0.4) is 0 Å². The predicted octanol–water partition coefficient (Wildman–Crippen LogP) is -0.113. The lowest BCUT2D eigenvalue weighted by Gasteiger charge is -2.23. The van der Waals surface area contributed by atoms with E-state index < -0.39 is 6.10 Å². The van der Waals surface area contributed by atoms with Gasteiger partial charge in [-0.25, -0.2) is 0 Å². The molecular weight excluding hydrogens is 220 g/mol. The molecule has 0 aliphatic carbocycles. The van der Waals surface area contributed by atoms with E-state index in [1.807, 2.05) is 6.92 Å². The molecule has 3 unspecified atom stereocenters. The molecule has 3 atom stereocenters. The van der Waals surface area contributed by atoms with Crippen molar-refractivity contribution in [3.8, 4) is 0 Å². The molecule has 5 nitrogen and oxygen atoms in total. The number of carbonyl (C=O) groups is 1. The Kier molecular flexibility index (Phi) is 5.88. The number of ether oxygens (including phenoxy) is 1. The van der Waals surface area contributed by atoms with Crippen LogP contribution in [0.15, 0.2) is 0 Å². The maximum Gasteiger partial charge on any atom is 0.237 e. The molecule has 0 bridgehead atoms. The Balaban J connectivity index is 2.40. The van der Waals surface area contributed by atoms with Gasteiger partial charge in [0.1, 0.15) is 0 Å². The summed E-state index contributed by atoms with van der Waals surface area (Å²) in [6, 6.07) is -0.241. The zero-order valence-corrected chi connectivity index (χ0v) is 10.9. The highest BCUT2D eigenvalue weighted by Crippen LogP contribution is 2.08. The third-order valence-corrected chi connectivity index (χ3v) is 3.06. The topological polar surface area (TPSA) is 70.6 Å². The van der Waals surface area contributed by atoms with Crippen molar-refractivity contribution in [2.24, 2.45) is 5.92 Å².